The van der Waals surface area contributed by atoms with Gasteiger partial charge in [-0.3, -0.25) is 10.1 Å². The second kappa shape index (κ2) is 5.11. The highest BCUT2D eigenvalue weighted by Gasteiger charge is 2.14. The van der Waals surface area contributed by atoms with Crippen LogP contribution in [0.4, 0.5) is 10.1 Å². The van der Waals surface area contributed by atoms with Gasteiger partial charge in [-0.15, -0.1) is 5.10 Å². The summed E-state index contributed by atoms with van der Waals surface area (Å²) in [6, 6.07) is 3.64. The molecule has 0 aliphatic carbocycles. The van der Waals surface area contributed by atoms with Crippen LogP contribution in [-0.2, 0) is 6.54 Å². The molecule has 0 aliphatic heterocycles. The molecule has 1 aromatic heterocycles. The second-order valence-corrected chi connectivity index (χ2v) is 4.06. The van der Waals surface area contributed by atoms with Crippen molar-refractivity contribution in [3.63, 3.8) is 0 Å². The van der Waals surface area contributed by atoms with E-state index in [1.165, 1.54) is 16.9 Å². The van der Waals surface area contributed by atoms with Gasteiger partial charge in [-0.25, -0.2) is 4.68 Å². The van der Waals surface area contributed by atoms with Gasteiger partial charge < -0.3 is 5.11 Å². The highest BCUT2D eigenvalue weighted by atomic mass is 19.1. The molecule has 0 saturated carbocycles. The van der Waals surface area contributed by atoms with Crippen LogP contribution in [0, 0.1) is 15.9 Å². The molecule has 2 aromatic rings. The van der Waals surface area contributed by atoms with E-state index in [-0.39, 0.29) is 6.54 Å². The first-order chi connectivity index (χ1) is 8.97. The van der Waals surface area contributed by atoms with Crippen molar-refractivity contribution in [2.75, 3.05) is 0 Å². The summed E-state index contributed by atoms with van der Waals surface area (Å²) in [4.78, 5) is 9.70. The summed E-state index contributed by atoms with van der Waals surface area (Å²) in [5.74, 6) is -0.890. The van der Waals surface area contributed by atoms with Crippen LogP contribution in [0.25, 0.3) is 0 Å². The van der Waals surface area contributed by atoms with E-state index in [4.69, 9.17) is 0 Å². The molecule has 0 spiro atoms. The molecule has 0 bridgehead atoms. The number of halogens is 1. The van der Waals surface area contributed by atoms with Gasteiger partial charge in [0, 0.05) is 6.07 Å². The van der Waals surface area contributed by atoms with Gasteiger partial charge in [0.2, 0.25) is 5.82 Å². The van der Waals surface area contributed by atoms with E-state index in [2.05, 4.69) is 10.3 Å². The van der Waals surface area contributed by atoms with Gasteiger partial charge in [0.05, 0.1) is 23.8 Å². The Bertz CT molecular complexity index is 612. The highest BCUT2D eigenvalue weighted by molar-refractivity contribution is 5.35. The van der Waals surface area contributed by atoms with E-state index in [0.717, 1.165) is 12.1 Å². The first-order valence-electron chi connectivity index (χ1n) is 5.48. The topological polar surface area (TPSA) is 94.1 Å². The minimum Gasteiger partial charge on any atom is -0.387 e. The summed E-state index contributed by atoms with van der Waals surface area (Å²) in [7, 11) is 0. The van der Waals surface area contributed by atoms with E-state index >= 15 is 0 Å². The number of hydrogen-bond acceptors (Lipinski definition) is 5. The lowest BCUT2D eigenvalue weighted by atomic mass is 10.2. The molecule has 1 atom stereocenters. The monoisotopic (exact) mass is 266 g/mol. The summed E-state index contributed by atoms with van der Waals surface area (Å²) >= 11 is 0. The molecule has 7 nitrogen and oxygen atoms in total. The van der Waals surface area contributed by atoms with Crippen molar-refractivity contribution in [2.24, 2.45) is 0 Å². The SMILES string of the molecule is CC(O)c1cn(Cc2ccc([N+](=O)[O-])c(F)c2)nn1. The minimum atomic E-state index is -0.890. The fourth-order valence-corrected chi connectivity index (χ4v) is 1.57. The molecule has 100 valence electrons. The number of aliphatic hydroxyl groups excluding tert-OH is 1. The first kappa shape index (κ1) is 13.1. The molecule has 1 unspecified atom stereocenters. The molecular weight excluding hydrogens is 255 g/mol. The average molecular weight is 266 g/mol. The van der Waals surface area contributed by atoms with E-state index in [0.29, 0.717) is 11.3 Å². The molecular formula is C11H11FN4O3. The van der Waals surface area contributed by atoms with Crippen LogP contribution in [0.1, 0.15) is 24.3 Å². The van der Waals surface area contributed by atoms with Crippen molar-refractivity contribution < 1.29 is 14.4 Å². The van der Waals surface area contributed by atoms with Crippen LogP contribution < -0.4 is 0 Å². The Morgan fingerprint density at radius 3 is 2.84 bits per heavy atom. The molecule has 0 fully saturated rings. The standard InChI is InChI=1S/C11H11FN4O3/c1-7(17)10-6-15(14-13-10)5-8-2-3-11(16(18)19)9(12)4-8/h2-4,6-7,17H,5H2,1H3. The Morgan fingerprint density at radius 1 is 1.58 bits per heavy atom. The van der Waals surface area contributed by atoms with Gasteiger partial charge in [-0.2, -0.15) is 4.39 Å². The first-order valence-corrected chi connectivity index (χ1v) is 5.48. The van der Waals surface area contributed by atoms with E-state index in [9.17, 15) is 19.6 Å². The molecule has 0 saturated heterocycles. The third-order valence-corrected chi connectivity index (χ3v) is 2.54. The minimum absolute atomic E-state index is 0.217. The summed E-state index contributed by atoms with van der Waals surface area (Å²) in [5, 5.41) is 27.3. The number of nitro benzene ring substituents is 1. The molecule has 2 rings (SSSR count). The number of hydrogen-bond donors (Lipinski definition) is 1. The Balaban J connectivity index is 2.19. The lowest BCUT2D eigenvalue weighted by Crippen LogP contribution is -2.02. The zero-order chi connectivity index (χ0) is 14.0. The maximum absolute atomic E-state index is 13.4. The zero-order valence-electron chi connectivity index (χ0n) is 10.0. The molecule has 1 heterocycles. The lowest BCUT2D eigenvalue weighted by molar-refractivity contribution is -0.387. The fourth-order valence-electron chi connectivity index (χ4n) is 1.57. The predicted molar refractivity (Wildman–Crippen MR) is 62.8 cm³/mol. The van der Waals surface area contributed by atoms with Crippen molar-refractivity contribution in [3.8, 4) is 0 Å². The smallest absolute Gasteiger partial charge is 0.304 e. The molecule has 8 heteroatoms. The highest BCUT2D eigenvalue weighted by Crippen LogP contribution is 2.18. The third-order valence-electron chi connectivity index (χ3n) is 2.54. The van der Waals surface area contributed by atoms with Crippen LogP contribution in [0.3, 0.4) is 0 Å². The van der Waals surface area contributed by atoms with Crippen LogP contribution >= 0.6 is 0 Å². The molecule has 1 aromatic carbocycles. The van der Waals surface area contributed by atoms with Crippen LogP contribution in [0.15, 0.2) is 24.4 Å². The Labute approximate surface area is 107 Å². The van der Waals surface area contributed by atoms with Crippen molar-refractivity contribution in [2.45, 2.75) is 19.6 Å². The Hall–Kier alpha value is -2.35. The average Bonchev–Trinajstić information content (AvgIpc) is 2.77. The van der Waals surface area contributed by atoms with Gasteiger partial charge in [-0.1, -0.05) is 11.3 Å². The molecule has 1 N–H and O–H groups in total. The van der Waals surface area contributed by atoms with Crippen LogP contribution in [0.5, 0.6) is 0 Å². The van der Waals surface area contributed by atoms with Gasteiger partial charge in [0.1, 0.15) is 5.69 Å². The van der Waals surface area contributed by atoms with Crippen LogP contribution in [-0.4, -0.2) is 25.0 Å². The molecule has 19 heavy (non-hydrogen) atoms. The number of aromatic nitrogens is 3. The zero-order valence-corrected chi connectivity index (χ0v) is 10.0. The molecule has 0 radical (unpaired) electrons. The van der Waals surface area contributed by atoms with E-state index in [1.54, 1.807) is 6.92 Å². The normalized spacial score (nSPS) is 12.4. The van der Waals surface area contributed by atoms with Gasteiger partial charge in [-0.05, 0) is 18.6 Å². The summed E-state index contributed by atoms with van der Waals surface area (Å²) < 4.78 is 14.8. The second-order valence-electron chi connectivity index (χ2n) is 4.06. The van der Waals surface area contributed by atoms with Crippen LogP contribution in [0.2, 0.25) is 0 Å². The maximum atomic E-state index is 13.4. The van der Waals surface area contributed by atoms with Crippen molar-refractivity contribution in [1.82, 2.24) is 15.0 Å². The van der Waals surface area contributed by atoms with E-state index < -0.39 is 22.5 Å². The maximum Gasteiger partial charge on any atom is 0.304 e. The Morgan fingerprint density at radius 2 is 2.32 bits per heavy atom. The van der Waals surface area contributed by atoms with Crippen molar-refractivity contribution in [1.29, 1.82) is 0 Å². The predicted octanol–water partition coefficient (Wildman–Crippen LogP) is 1.43. The number of rotatable bonds is 4. The quantitative estimate of drug-likeness (QED) is 0.667. The van der Waals surface area contributed by atoms with Crippen molar-refractivity contribution >= 4 is 5.69 Å². The third kappa shape index (κ3) is 2.91. The number of aliphatic hydroxyl groups is 1. The summed E-state index contributed by atoms with van der Waals surface area (Å²) in [6.45, 7) is 1.77. The molecule has 0 amide bonds. The summed E-state index contributed by atoms with van der Waals surface area (Å²) in [6.07, 6.45) is 0.798. The number of benzene rings is 1. The van der Waals surface area contributed by atoms with Gasteiger partial charge in [0.15, 0.2) is 0 Å². The Kier molecular flexibility index (Phi) is 3.52. The molecule has 0 aliphatic rings. The van der Waals surface area contributed by atoms with Crippen molar-refractivity contribution in [3.05, 3.63) is 51.6 Å². The van der Waals surface area contributed by atoms with E-state index in [1.807, 2.05) is 0 Å². The largest absolute Gasteiger partial charge is 0.387 e. The van der Waals surface area contributed by atoms with Gasteiger partial charge >= 0.3 is 5.69 Å². The summed E-state index contributed by atoms with van der Waals surface area (Å²) in [5.41, 5.74) is 0.361. The lowest BCUT2D eigenvalue weighted by Gasteiger charge is -2.01. The number of nitrogens with zero attached hydrogens (tertiary/aromatic N) is 4. The fraction of sp³-hybridized carbons (Fsp3) is 0.273. The van der Waals surface area contributed by atoms with Gasteiger partial charge in [0.25, 0.3) is 0 Å². The number of nitro groups is 1.